The summed E-state index contributed by atoms with van der Waals surface area (Å²) in [5.74, 6) is 1.19. The average Bonchev–Trinajstić information content (AvgIpc) is 3.60. The van der Waals surface area contributed by atoms with Gasteiger partial charge in [0.05, 0.1) is 6.10 Å². The number of rotatable bonds is 2. The Labute approximate surface area is 178 Å². The van der Waals surface area contributed by atoms with E-state index in [1.165, 1.54) is 5.57 Å². The smallest absolute Gasteiger partial charge is 0.334 e. The van der Waals surface area contributed by atoms with E-state index in [1.807, 2.05) is 0 Å². The topological polar surface area (TPSA) is 63.9 Å². The van der Waals surface area contributed by atoms with Crippen molar-refractivity contribution >= 4 is 5.97 Å². The largest absolute Gasteiger partial charge is 0.458 e. The molecule has 2 saturated carbocycles. The van der Waals surface area contributed by atoms with Gasteiger partial charge in [0.15, 0.2) is 0 Å². The molecule has 3 aliphatic carbocycles. The van der Waals surface area contributed by atoms with Crippen molar-refractivity contribution in [1.29, 1.82) is 0 Å². The van der Waals surface area contributed by atoms with E-state index in [0.29, 0.717) is 24.4 Å². The average molecular weight is 415 g/mol. The minimum Gasteiger partial charge on any atom is -0.458 e. The Morgan fingerprint density at radius 2 is 1.80 bits per heavy atom. The summed E-state index contributed by atoms with van der Waals surface area (Å²) >= 11 is 0. The molecule has 0 amide bonds. The molecule has 4 heterocycles. The van der Waals surface area contributed by atoms with E-state index in [9.17, 15) is 4.79 Å². The number of cyclic esters (lactones) is 1. The Morgan fingerprint density at radius 1 is 1.07 bits per heavy atom. The third-order valence-electron chi connectivity index (χ3n) is 11.7. The third-order valence-corrected chi connectivity index (χ3v) is 11.7. The van der Waals surface area contributed by atoms with Gasteiger partial charge in [0.2, 0.25) is 0 Å². The zero-order valence-electron chi connectivity index (χ0n) is 19.2. The fourth-order valence-electron chi connectivity index (χ4n) is 9.78. The lowest BCUT2D eigenvalue weighted by molar-refractivity contribution is -0.136. The summed E-state index contributed by atoms with van der Waals surface area (Å²) in [4.78, 5) is 12.6. The predicted octanol–water partition coefficient (Wildman–Crippen LogP) is 3.65. The first-order valence-corrected chi connectivity index (χ1v) is 12.0. The molecule has 164 valence electrons. The van der Waals surface area contributed by atoms with Gasteiger partial charge in [-0.05, 0) is 29.7 Å². The molecule has 4 aliphatic heterocycles. The molecule has 7 rings (SSSR count). The molecule has 5 fully saturated rings. The molecule has 0 bridgehead atoms. The monoisotopic (exact) mass is 414 g/mol. The first-order valence-electron chi connectivity index (χ1n) is 12.0. The Balaban J connectivity index is 1.44. The van der Waals surface area contributed by atoms with E-state index in [0.717, 1.165) is 18.4 Å². The Morgan fingerprint density at radius 3 is 2.50 bits per heavy atom. The van der Waals surface area contributed by atoms with Crippen LogP contribution in [0.1, 0.15) is 61.3 Å². The zero-order valence-corrected chi connectivity index (χ0v) is 19.2. The number of hydrogen-bond donors (Lipinski definition) is 0. The summed E-state index contributed by atoms with van der Waals surface area (Å²) in [6.07, 6.45) is 2.49. The summed E-state index contributed by atoms with van der Waals surface area (Å²) in [6.45, 7) is 16.7. The van der Waals surface area contributed by atoms with E-state index in [2.05, 4.69) is 48.5 Å². The minimum absolute atomic E-state index is 0.102. The molecule has 5 nitrogen and oxygen atoms in total. The van der Waals surface area contributed by atoms with Gasteiger partial charge in [0.1, 0.15) is 35.6 Å². The van der Waals surface area contributed by atoms with Gasteiger partial charge in [-0.2, -0.15) is 0 Å². The van der Waals surface area contributed by atoms with Crippen LogP contribution in [0.15, 0.2) is 11.1 Å². The fourth-order valence-corrected chi connectivity index (χ4v) is 9.78. The van der Waals surface area contributed by atoms with Crippen molar-refractivity contribution in [3.8, 4) is 0 Å². The van der Waals surface area contributed by atoms with Crippen molar-refractivity contribution in [2.45, 2.75) is 96.4 Å². The van der Waals surface area contributed by atoms with Gasteiger partial charge in [0.25, 0.3) is 0 Å². The Kier molecular flexibility index (Phi) is 2.93. The maximum atomic E-state index is 12.6. The number of carbonyl (C=O) groups is 1. The van der Waals surface area contributed by atoms with Crippen LogP contribution >= 0.6 is 0 Å². The number of esters is 1. The SMILES string of the molecule is CCC(C)[C@]12O[C@H]1[C@@H]1O[C@@]13[C@@]1(C)CC(C)C4=C(COC4=O)C1(C)C(C)[C@@H]1O[C@@]13C2C. The lowest BCUT2D eigenvalue weighted by atomic mass is 9.37. The lowest BCUT2D eigenvalue weighted by Crippen LogP contribution is -2.71. The van der Waals surface area contributed by atoms with Crippen LogP contribution in [0.4, 0.5) is 0 Å². The van der Waals surface area contributed by atoms with Crippen molar-refractivity contribution < 1.29 is 23.7 Å². The number of hydrogen-bond acceptors (Lipinski definition) is 5. The number of fused-ring (bicyclic) bond motifs is 4. The molecule has 5 heteroatoms. The van der Waals surface area contributed by atoms with E-state index < -0.39 is 0 Å². The molecule has 7 aliphatic rings. The molecule has 3 saturated heterocycles. The molecule has 0 N–H and O–H groups in total. The maximum absolute atomic E-state index is 12.6. The second kappa shape index (κ2) is 4.72. The van der Waals surface area contributed by atoms with E-state index >= 15 is 0 Å². The van der Waals surface area contributed by atoms with Gasteiger partial charge in [-0.1, -0.05) is 54.9 Å². The molecule has 5 unspecified atom stereocenters. The first-order chi connectivity index (χ1) is 14.1. The predicted molar refractivity (Wildman–Crippen MR) is 109 cm³/mol. The van der Waals surface area contributed by atoms with Crippen LogP contribution in [0, 0.1) is 34.5 Å². The summed E-state index contributed by atoms with van der Waals surface area (Å²) < 4.78 is 25.9. The van der Waals surface area contributed by atoms with Gasteiger partial charge < -0.3 is 18.9 Å². The number of epoxide rings is 3. The minimum atomic E-state index is -0.318. The molecule has 30 heavy (non-hydrogen) atoms. The lowest BCUT2D eigenvalue weighted by Gasteiger charge is -2.62. The van der Waals surface area contributed by atoms with Gasteiger partial charge in [-0.15, -0.1) is 0 Å². The summed E-state index contributed by atoms with van der Waals surface area (Å²) in [5.41, 5.74) is 1.18. The summed E-state index contributed by atoms with van der Waals surface area (Å²) in [6, 6.07) is 0. The van der Waals surface area contributed by atoms with Crippen molar-refractivity contribution in [1.82, 2.24) is 0 Å². The van der Waals surface area contributed by atoms with Crippen LogP contribution in [0.3, 0.4) is 0 Å². The maximum Gasteiger partial charge on any atom is 0.334 e. The van der Waals surface area contributed by atoms with Crippen LogP contribution in [-0.2, 0) is 23.7 Å². The third kappa shape index (κ3) is 1.39. The standard InChI is InChI=1S/C25H34O5/c1-8-12(3)23-14(5)24-17(29-24)13(4)22(7)15-10-27-20(26)16(15)11(2)9-21(22,6)25(24)19(30-25)18(23)28-23/h11-14,17-19H,8-10H2,1-7H3/t11?,12?,13?,14?,17-,18-,19-,21-,22?,23+,24-,25+/m0/s1. The van der Waals surface area contributed by atoms with Crippen LogP contribution in [0.5, 0.6) is 0 Å². The second-order valence-electron chi connectivity index (χ2n) is 11.9. The van der Waals surface area contributed by atoms with Gasteiger partial charge in [0, 0.05) is 22.3 Å². The quantitative estimate of drug-likeness (QED) is 0.510. The van der Waals surface area contributed by atoms with Crippen LogP contribution in [-0.4, -0.2) is 47.7 Å². The van der Waals surface area contributed by atoms with Crippen LogP contribution in [0.25, 0.3) is 0 Å². The van der Waals surface area contributed by atoms with Crippen molar-refractivity contribution in [3.05, 3.63) is 11.1 Å². The van der Waals surface area contributed by atoms with Crippen molar-refractivity contribution in [3.63, 3.8) is 0 Å². The van der Waals surface area contributed by atoms with Gasteiger partial charge in [-0.25, -0.2) is 4.79 Å². The van der Waals surface area contributed by atoms with Gasteiger partial charge >= 0.3 is 5.97 Å². The van der Waals surface area contributed by atoms with Gasteiger partial charge in [-0.3, -0.25) is 0 Å². The summed E-state index contributed by atoms with van der Waals surface area (Å²) in [7, 11) is 0. The molecule has 0 aromatic carbocycles. The number of carbonyl (C=O) groups excluding carboxylic acids is 1. The Hall–Kier alpha value is -0.910. The Bertz CT molecular complexity index is 942. The van der Waals surface area contributed by atoms with E-state index in [-0.39, 0.29) is 57.8 Å². The first kappa shape index (κ1) is 18.6. The second-order valence-corrected chi connectivity index (χ2v) is 11.9. The highest BCUT2D eigenvalue weighted by Gasteiger charge is 3.01. The normalized spacial score (nSPS) is 64.7. The van der Waals surface area contributed by atoms with Crippen molar-refractivity contribution in [2.75, 3.05) is 6.61 Å². The molecular formula is C25H34O5. The fraction of sp³-hybridized carbons (Fsp3) is 0.880. The molecule has 0 radical (unpaired) electrons. The molecular weight excluding hydrogens is 380 g/mol. The highest BCUT2D eigenvalue weighted by Crippen LogP contribution is 2.87. The number of ether oxygens (including phenoxy) is 4. The summed E-state index contributed by atoms with van der Waals surface area (Å²) in [5, 5.41) is 0. The molecule has 0 aromatic heterocycles. The van der Waals surface area contributed by atoms with Crippen LogP contribution in [0.2, 0.25) is 0 Å². The molecule has 0 aromatic rings. The molecule has 2 spiro atoms. The molecule has 12 atom stereocenters. The zero-order chi connectivity index (χ0) is 21.2. The van der Waals surface area contributed by atoms with E-state index in [4.69, 9.17) is 18.9 Å². The van der Waals surface area contributed by atoms with Crippen molar-refractivity contribution in [2.24, 2.45) is 34.5 Å². The highest BCUT2D eigenvalue weighted by atomic mass is 16.7. The van der Waals surface area contributed by atoms with E-state index in [1.54, 1.807) is 0 Å². The highest BCUT2D eigenvalue weighted by molar-refractivity contribution is 5.93. The van der Waals surface area contributed by atoms with Crippen LogP contribution < -0.4 is 0 Å².